The molecule has 0 aliphatic carbocycles. The molecule has 164 valence electrons. The molecule has 1 aromatic heterocycles. The summed E-state index contributed by atoms with van der Waals surface area (Å²) in [5.74, 6) is 0.909. The zero-order valence-corrected chi connectivity index (χ0v) is 18.6. The molecule has 0 radical (unpaired) electrons. The van der Waals surface area contributed by atoms with Gasteiger partial charge in [-0.1, -0.05) is 42.5 Å². The van der Waals surface area contributed by atoms with Crippen LogP contribution in [0.4, 0.5) is 0 Å². The molecule has 2 aliphatic heterocycles. The summed E-state index contributed by atoms with van der Waals surface area (Å²) in [7, 11) is 1.64. The molecule has 2 aromatic carbocycles. The van der Waals surface area contributed by atoms with Gasteiger partial charge in [0.2, 0.25) is 5.91 Å². The van der Waals surface area contributed by atoms with Crippen LogP contribution in [0.2, 0.25) is 0 Å². The molecule has 0 fully saturated rings. The first kappa shape index (κ1) is 20.7. The monoisotopic (exact) mass is 428 g/mol. The lowest BCUT2D eigenvalue weighted by Gasteiger charge is -2.34. The predicted molar refractivity (Wildman–Crippen MR) is 123 cm³/mol. The zero-order valence-electron chi connectivity index (χ0n) is 18.6. The lowest BCUT2D eigenvalue weighted by molar-refractivity contribution is -0.131. The van der Waals surface area contributed by atoms with Crippen molar-refractivity contribution < 1.29 is 14.3 Å². The highest BCUT2D eigenvalue weighted by Crippen LogP contribution is 2.35. The molecule has 1 amide bonds. The van der Waals surface area contributed by atoms with Gasteiger partial charge in [-0.3, -0.25) is 9.78 Å². The molecule has 0 spiro atoms. The second kappa shape index (κ2) is 8.75. The van der Waals surface area contributed by atoms with Gasteiger partial charge in [-0.05, 0) is 41.3 Å². The van der Waals surface area contributed by atoms with Crippen molar-refractivity contribution in [2.45, 2.75) is 45.4 Å². The minimum Gasteiger partial charge on any atom is -0.497 e. The highest BCUT2D eigenvalue weighted by Gasteiger charge is 2.30. The van der Waals surface area contributed by atoms with Crippen molar-refractivity contribution in [3.8, 4) is 17.0 Å². The minimum absolute atomic E-state index is 0.134. The van der Waals surface area contributed by atoms with Gasteiger partial charge in [-0.2, -0.15) is 0 Å². The average Bonchev–Trinajstić information content (AvgIpc) is 2.83. The Morgan fingerprint density at radius 1 is 1.12 bits per heavy atom. The molecule has 0 N–H and O–H groups in total. The number of rotatable bonds is 4. The van der Waals surface area contributed by atoms with Crippen LogP contribution in [0.1, 0.15) is 34.9 Å². The van der Waals surface area contributed by atoms with Gasteiger partial charge < -0.3 is 14.4 Å². The fourth-order valence-electron chi connectivity index (χ4n) is 4.76. The zero-order chi connectivity index (χ0) is 22.1. The summed E-state index contributed by atoms with van der Waals surface area (Å²) in [5.41, 5.74) is 7.98. The Bertz CT molecular complexity index is 1140. The standard InChI is InChI=1S/C27H28N2O3/c1-18-13-22-24(17-32-18)23-16-29(26(30)15-19-7-6-10-21(14-19)31-2)12-11-25(23)28-27(22)20-8-4-3-5-9-20/h3-10,14,18H,11-13,15-17H2,1-2H3/t18-/m0/s1. The second-order valence-electron chi connectivity index (χ2n) is 8.63. The van der Waals surface area contributed by atoms with Crippen molar-refractivity contribution in [1.29, 1.82) is 0 Å². The number of aromatic nitrogens is 1. The largest absolute Gasteiger partial charge is 0.497 e. The van der Waals surface area contributed by atoms with Crippen molar-refractivity contribution in [1.82, 2.24) is 9.88 Å². The van der Waals surface area contributed by atoms with Gasteiger partial charge >= 0.3 is 0 Å². The number of pyridine rings is 1. The Morgan fingerprint density at radius 3 is 2.78 bits per heavy atom. The summed E-state index contributed by atoms with van der Waals surface area (Å²) in [6.07, 6.45) is 2.15. The summed E-state index contributed by atoms with van der Waals surface area (Å²) < 4.78 is 11.3. The number of nitrogens with zero attached hydrogens (tertiary/aromatic N) is 2. The van der Waals surface area contributed by atoms with Crippen LogP contribution in [0.15, 0.2) is 54.6 Å². The maximum atomic E-state index is 13.1. The Kier molecular flexibility index (Phi) is 5.66. The van der Waals surface area contributed by atoms with Crippen molar-refractivity contribution in [2.24, 2.45) is 0 Å². The Labute approximate surface area is 189 Å². The molecule has 3 heterocycles. The van der Waals surface area contributed by atoms with E-state index in [1.807, 2.05) is 35.2 Å². The summed E-state index contributed by atoms with van der Waals surface area (Å²) in [4.78, 5) is 20.2. The van der Waals surface area contributed by atoms with E-state index in [0.29, 0.717) is 26.1 Å². The van der Waals surface area contributed by atoms with Crippen molar-refractivity contribution in [3.63, 3.8) is 0 Å². The summed E-state index contributed by atoms with van der Waals surface area (Å²) >= 11 is 0. The maximum Gasteiger partial charge on any atom is 0.227 e. The molecule has 0 saturated carbocycles. The molecule has 2 aliphatic rings. The van der Waals surface area contributed by atoms with E-state index in [4.69, 9.17) is 14.5 Å². The fraction of sp³-hybridized carbons (Fsp3) is 0.333. The predicted octanol–water partition coefficient (Wildman–Crippen LogP) is 4.35. The fourth-order valence-corrected chi connectivity index (χ4v) is 4.76. The lowest BCUT2D eigenvalue weighted by Crippen LogP contribution is -2.38. The van der Waals surface area contributed by atoms with Crippen LogP contribution in [0.25, 0.3) is 11.3 Å². The molecular weight excluding hydrogens is 400 g/mol. The number of fused-ring (bicyclic) bond motifs is 3. The lowest BCUT2D eigenvalue weighted by atomic mass is 9.88. The smallest absolute Gasteiger partial charge is 0.227 e. The topological polar surface area (TPSA) is 51.7 Å². The van der Waals surface area contributed by atoms with E-state index in [1.165, 1.54) is 16.7 Å². The van der Waals surface area contributed by atoms with Crippen LogP contribution >= 0.6 is 0 Å². The quantitative estimate of drug-likeness (QED) is 0.620. The van der Waals surface area contributed by atoms with Crippen LogP contribution in [-0.4, -0.2) is 35.5 Å². The van der Waals surface area contributed by atoms with Crippen LogP contribution in [0.3, 0.4) is 0 Å². The third-order valence-electron chi connectivity index (χ3n) is 6.47. The minimum atomic E-state index is 0.134. The number of carbonyl (C=O) groups is 1. The molecule has 5 rings (SSSR count). The molecule has 5 nitrogen and oxygen atoms in total. The average molecular weight is 429 g/mol. The SMILES string of the molecule is COc1cccc(CC(=O)N2CCc3nc(-c4ccccc4)c4c(c3C2)CO[C@@H](C)C4)c1. The first-order valence-electron chi connectivity index (χ1n) is 11.2. The van der Waals surface area contributed by atoms with Crippen LogP contribution in [0, 0.1) is 0 Å². The number of benzene rings is 2. The Hall–Kier alpha value is -3.18. The molecule has 0 saturated heterocycles. The molecular formula is C27H28N2O3. The van der Waals surface area contributed by atoms with E-state index >= 15 is 0 Å². The van der Waals surface area contributed by atoms with E-state index in [2.05, 4.69) is 31.2 Å². The van der Waals surface area contributed by atoms with Crippen molar-refractivity contribution >= 4 is 5.91 Å². The van der Waals surface area contributed by atoms with Gasteiger partial charge in [0, 0.05) is 37.2 Å². The van der Waals surface area contributed by atoms with E-state index in [9.17, 15) is 4.79 Å². The molecule has 1 atom stereocenters. The Morgan fingerprint density at radius 2 is 1.97 bits per heavy atom. The molecule has 5 heteroatoms. The van der Waals surface area contributed by atoms with Gasteiger partial charge in [-0.15, -0.1) is 0 Å². The van der Waals surface area contributed by atoms with E-state index in [-0.39, 0.29) is 12.0 Å². The van der Waals surface area contributed by atoms with Gasteiger partial charge in [-0.25, -0.2) is 0 Å². The third-order valence-corrected chi connectivity index (χ3v) is 6.47. The summed E-state index contributed by atoms with van der Waals surface area (Å²) in [5, 5.41) is 0. The number of ether oxygens (including phenoxy) is 2. The molecule has 3 aromatic rings. The van der Waals surface area contributed by atoms with Crippen LogP contribution in [0.5, 0.6) is 5.75 Å². The molecule has 0 unspecified atom stereocenters. The van der Waals surface area contributed by atoms with Gasteiger partial charge in [0.05, 0.1) is 31.9 Å². The highest BCUT2D eigenvalue weighted by molar-refractivity contribution is 5.79. The molecule has 0 bridgehead atoms. The maximum absolute atomic E-state index is 13.1. The third kappa shape index (κ3) is 4.00. The van der Waals surface area contributed by atoms with Gasteiger partial charge in [0.1, 0.15) is 5.75 Å². The number of hydrogen-bond donors (Lipinski definition) is 0. The van der Waals surface area contributed by atoms with Crippen LogP contribution < -0.4 is 4.74 Å². The highest BCUT2D eigenvalue weighted by atomic mass is 16.5. The normalized spacial score (nSPS) is 17.4. The van der Waals surface area contributed by atoms with E-state index < -0.39 is 0 Å². The number of hydrogen-bond acceptors (Lipinski definition) is 4. The number of carbonyl (C=O) groups excluding carboxylic acids is 1. The first-order chi connectivity index (χ1) is 15.6. The van der Waals surface area contributed by atoms with E-state index in [1.54, 1.807) is 7.11 Å². The summed E-state index contributed by atoms with van der Waals surface area (Å²) in [6.45, 7) is 3.98. The van der Waals surface area contributed by atoms with Crippen molar-refractivity contribution in [2.75, 3.05) is 13.7 Å². The first-order valence-corrected chi connectivity index (χ1v) is 11.2. The van der Waals surface area contributed by atoms with Gasteiger partial charge in [0.25, 0.3) is 0 Å². The number of amides is 1. The van der Waals surface area contributed by atoms with E-state index in [0.717, 1.165) is 41.1 Å². The molecule has 32 heavy (non-hydrogen) atoms. The summed E-state index contributed by atoms with van der Waals surface area (Å²) in [6, 6.07) is 18.1. The number of methoxy groups -OCH3 is 1. The Balaban J connectivity index is 1.45. The van der Waals surface area contributed by atoms with Gasteiger partial charge in [0.15, 0.2) is 0 Å². The second-order valence-corrected chi connectivity index (χ2v) is 8.63. The van der Waals surface area contributed by atoms with Crippen molar-refractivity contribution in [3.05, 3.63) is 82.5 Å². The van der Waals surface area contributed by atoms with Crippen LogP contribution in [-0.2, 0) is 41.9 Å².